The van der Waals surface area contributed by atoms with E-state index in [9.17, 15) is 23.8 Å². The zero-order valence-corrected chi connectivity index (χ0v) is 21.4. The Labute approximate surface area is 221 Å². The van der Waals surface area contributed by atoms with E-state index in [-0.39, 0.29) is 23.7 Å². The fourth-order valence-corrected chi connectivity index (χ4v) is 5.38. The Hall–Kier alpha value is -4.19. The third-order valence-electron chi connectivity index (χ3n) is 6.95. The molecule has 0 amide bonds. The van der Waals surface area contributed by atoms with Crippen LogP contribution in [0.5, 0.6) is 5.75 Å². The highest BCUT2D eigenvalue weighted by Gasteiger charge is 2.46. The maximum Gasteiger partial charge on any atom is 0.387 e. The molecule has 0 radical (unpaired) electrons. The number of fused-ring (bicyclic) bond motifs is 9. The summed E-state index contributed by atoms with van der Waals surface area (Å²) in [5.74, 6) is -1.15. The highest BCUT2D eigenvalue weighted by Crippen LogP contribution is 2.55. The van der Waals surface area contributed by atoms with Gasteiger partial charge < -0.3 is 24.4 Å². The Morgan fingerprint density at radius 1 is 1.33 bits per heavy atom. The molecule has 2 bridgehead atoms. The van der Waals surface area contributed by atoms with Crippen molar-refractivity contribution in [1.82, 2.24) is 9.55 Å². The van der Waals surface area contributed by atoms with Gasteiger partial charge in [0.05, 0.1) is 23.1 Å². The second kappa shape index (κ2) is 9.53. The minimum Gasteiger partial charge on any atom is -0.480 e. The normalized spacial score (nSPS) is 18.9. The van der Waals surface area contributed by atoms with Crippen LogP contribution in [0.3, 0.4) is 0 Å². The molecule has 0 unspecified atom stereocenters. The van der Waals surface area contributed by atoms with E-state index in [1.807, 2.05) is 4.57 Å². The van der Waals surface area contributed by atoms with Gasteiger partial charge in [0.15, 0.2) is 5.84 Å². The highest BCUT2D eigenvalue weighted by atomic mass is 19.3. The number of imidazole rings is 1. The summed E-state index contributed by atoms with van der Waals surface area (Å²) in [5.41, 5.74) is 1.08. The third kappa shape index (κ3) is 4.54. The third-order valence-corrected chi connectivity index (χ3v) is 6.95. The van der Waals surface area contributed by atoms with Gasteiger partial charge in [0, 0.05) is 35.5 Å². The summed E-state index contributed by atoms with van der Waals surface area (Å²) in [7, 11) is 0. The molecule has 0 spiro atoms. The standard InChI is InChI=1S/C27H26F3N5O4/c1-13(11-32-25(31-4)27(2,3)38)14-8-18-16(9-15(14)28)33-24-20-10-19(35(18)24)23-17(34(20)12-22(36)37)6-5-7-21(23)39-26(29)30/h5-9,11,19-20,26,38H,4,10,12H2,1-3H3,(H,36,37)/b13-11+,32-25?/t19-,20-/m1/s1. The molecule has 0 saturated carbocycles. The quantitative estimate of drug-likeness (QED) is 0.324. The minimum absolute atomic E-state index is 0.0557. The van der Waals surface area contributed by atoms with E-state index < -0.39 is 36.1 Å². The first kappa shape index (κ1) is 26.4. The van der Waals surface area contributed by atoms with Gasteiger partial charge >= 0.3 is 12.6 Å². The molecule has 0 aliphatic carbocycles. The van der Waals surface area contributed by atoms with Gasteiger partial charge in [0.2, 0.25) is 0 Å². The second-order valence-corrected chi connectivity index (χ2v) is 10.00. The summed E-state index contributed by atoms with van der Waals surface area (Å²) in [6.07, 6.45) is 1.76. The fraction of sp³-hybridized carbons (Fsp3) is 0.333. The number of nitrogens with zero attached hydrogens (tertiary/aromatic N) is 5. The monoisotopic (exact) mass is 541 g/mol. The van der Waals surface area contributed by atoms with E-state index in [2.05, 4.69) is 21.7 Å². The predicted octanol–water partition coefficient (Wildman–Crippen LogP) is 4.95. The van der Waals surface area contributed by atoms with Crippen LogP contribution >= 0.6 is 0 Å². The van der Waals surface area contributed by atoms with Crippen molar-refractivity contribution in [3.63, 3.8) is 0 Å². The predicted molar refractivity (Wildman–Crippen MR) is 140 cm³/mol. The average Bonchev–Trinajstić information content (AvgIpc) is 3.35. The van der Waals surface area contributed by atoms with Crippen molar-refractivity contribution < 1.29 is 32.9 Å². The number of allylic oxidation sites excluding steroid dienone is 1. The lowest BCUT2D eigenvalue weighted by molar-refractivity contribution is -0.135. The molecule has 5 rings (SSSR count). The number of ether oxygens (including phenoxy) is 1. The lowest BCUT2D eigenvalue weighted by Gasteiger charge is -2.36. The van der Waals surface area contributed by atoms with Crippen LogP contribution in [0.2, 0.25) is 0 Å². The van der Waals surface area contributed by atoms with Crippen molar-refractivity contribution in [2.75, 3.05) is 11.4 Å². The van der Waals surface area contributed by atoms with Gasteiger partial charge in [-0.1, -0.05) is 6.07 Å². The molecule has 12 heteroatoms. The fourth-order valence-electron chi connectivity index (χ4n) is 5.38. The number of aliphatic carboxylic acids is 1. The van der Waals surface area contributed by atoms with Crippen LogP contribution in [0.1, 0.15) is 56.2 Å². The van der Waals surface area contributed by atoms with Gasteiger partial charge in [-0.05, 0) is 51.3 Å². The number of anilines is 1. The average molecular weight is 542 g/mol. The zero-order chi connectivity index (χ0) is 28.2. The summed E-state index contributed by atoms with van der Waals surface area (Å²) in [6.45, 7) is 4.61. The lowest BCUT2D eigenvalue weighted by Crippen LogP contribution is -2.36. The number of alkyl halides is 2. The molecule has 3 heterocycles. The molecule has 39 heavy (non-hydrogen) atoms. The van der Waals surface area contributed by atoms with Crippen LogP contribution in [0, 0.1) is 5.82 Å². The smallest absolute Gasteiger partial charge is 0.387 e. The SMILES string of the molecule is C=NC(=N/C=C(\C)c1cc2c(cc1F)nc1n2[C@@H]2C[C@H]1N(CC(=O)O)c1cccc(OC(F)F)c12)C(C)(C)O. The summed E-state index contributed by atoms with van der Waals surface area (Å²) in [5, 5.41) is 19.8. The van der Waals surface area contributed by atoms with E-state index in [1.54, 1.807) is 30.0 Å². The maximum atomic E-state index is 15.2. The number of carbonyl (C=O) groups is 1. The van der Waals surface area contributed by atoms with Crippen LogP contribution in [-0.4, -0.2) is 57.0 Å². The van der Waals surface area contributed by atoms with Crippen molar-refractivity contribution in [3.05, 3.63) is 59.3 Å². The Morgan fingerprint density at radius 2 is 2.08 bits per heavy atom. The summed E-state index contributed by atoms with van der Waals surface area (Å²) < 4.78 is 48.5. The number of amidine groups is 1. The van der Waals surface area contributed by atoms with E-state index in [4.69, 9.17) is 4.74 Å². The Morgan fingerprint density at radius 3 is 2.72 bits per heavy atom. The number of benzene rings is 2. The van der Waals surface area contributed by atoms with Crippen molar-refractivity contribution in [1.29, 1.82) is 0 Å². The Balaban J connectivity index is 1.68. The van der Waals surface area contributed by atoms with Gasteiger partial charge in [-0.15, -0.1) is 0 Å². The summed E-state index contributed by atoms with van der Waals surface area (Å²) in [6, 6.07) is 6.57. The number of hydrogen-bond donors (Lipinski definition) is 2. The highest BCUT2D eigenvalue weighted by molar-refractivity contribution is 5.94. The van der Waals surface area contributed by atoms with E-state index in [0.29, 0.717) is 40.1 Å². The largest absolute Gasteiger partial charge is 0.480 e. The van der Waals surface area contributed by atoms with Crippen molar-refractivity contribution in [2.45, 2.75) is 51.5 Å². The molecule has 3 aromatic rings. The van der Waals surface area contributed by atoms with Gasteiger partial charge in [-0.25, -0.2) is 19.4 Å². The van der Waals surface area contributed by atoms with Crippen LogP contribution in [0.4, 0.5) is 18.9 Å². The molecule has 0 saturated heterocycles. The second-order valence-electron chi connectivity index (χ2n) is 10.00. The Bertz CT molecular complexity index is 1560. The molecule has 9 nitrogen and oxygen atoms in total. The first-order valence-corrected chi connectivity index (χ1v) is 12.1. The molecule has 204 valence electrons. The number of hydrogen-bond acceptors (Lipinski definition) is 6. The van der Waals surface area contributed by atoms with E-state index in [0.717, 1.165) is 0 Å². The number of aliphatic hydroxyl groups is 1. The van der Waals surface area contributed by atoms with E-state index in [1.165, 1.54) is 32.2 Å². The van der Waals surface area contributed by atoms with E-state index >= 15 is 4.39 Å². The molecule has 2 aliphatic heterocycles. The molecule has 2 N–H and O–H groups in total. The molecule has 1 aromatic heterocycles. The zero-order valence-electron chi connectivity index (χ0n) is 21.4. The minimum atomic E-state index is -3.07. The first-order chi connectivity index (χ1) is 18.4. The molecular formula is C27H26F3N5O4. The van der Waals surface area contributed by atoms with Crippen LogP contribution < -0.4 is 9.64 Å². The lowest BCUT2D eigenvalue weighted by atomic mass is 9.93. The van der Waals surface area contributed by atoms with Crippen LogP contribution in [0.15, 0.2) is 46.5 Å². The van der Waals surface area contributed by atoms with Gasteiger partial charge in [0.25, 0.3) is 0 Å². The van der Waals surface area contributed by atoms with Gasteiger partial charge in [-0.3, -0.25) is 4.79 Å². The number of carboxylic acids is 1. The Kier molecular flexibility index (Phi) is 6.45. The maximum absolute atomic E-state index is 15.2. The van der Waals surface area contributed by atoms with Crippen LogP contribution in [-0.2, 0) is 4.79 Å². The summed E-state index contributed by atoms with van der Waals surface area (Å²) in [4.78, 5) is 25.9. The van der Waals surface area contributed by atoms with Crippen molar-refractivity contribution in [3.8, 4) is 5.75 Å². The molecular weight excluding hydrogens is 515 g/mol. The molecule has 0 fully saturated rings. The first-order valence-electron chi connectivity index (χ1n) is 12.1. The molecule has 2 aromatic carbocycles. The molecule has 2 atom stereocenters. The number of aliphatic imine (C=N–C) groups is 2. The number of rotatable bonds is 7. The number of carboxylic acid groups (broad SMARTS) is 1. The van der Waals surface area contributed by atoms with Gasteiger partial charge in [-0.2, -0.15) is 8.78 Å². The van der Waals surface area contributed by atoms with Crippen LogP contribution in [0.25, 0.3) is 16.6 Å². The summed E-state index contributed by atoms with van der Waals surface area (Å²) >= 11 is 0. The number of halogens is 3. The van der Waals surface area contributed by atoms with Crippen molar-refractivity contribution in [2.24, 2.45) is 9.98 Å². The number of aromatic nitrogens is 2. The molecule has 2 aliphatic rings. The van der Waals surface area contributed by atoms with Gasteiger partial charge in [0.1, 0.15) is 29.5 Å². The topological polar surface area (TPSA) is 113 Å². The van der Waals surface area contributed by atoms with Crippen molar-refractivity contribution >= 4 is 40.8 Å².